The van der Waals surface area contributed by atoms with Gasteiger partial charge in [-0.1, -0.05) is 12.1 Å². The quantitative estimate of drug-likeness (QED) is 0.911. The number of hydrogen-bond acceptors (Lipinski definition) is 3. The summed E-state index contributed by atoms with van der Waals surface area (Å²) in [6.45, 7) is 9.64. The molecule has 1 aromatic carbocycles. The summed E-state index contributed by atoms with van der Waals surface area (Å²) in [6.07, 6.45) is 1.03. The Balaban J connectivity index is 2.03. The number of nitrogens with zero attached hydrogens (tertiary/aromatic N) is 1. The summed E-state index contributed by atoms with van der Waals surface area (Å²) in [6, 6.07) is 9.06. The summed E-state index contributed by atoms with van der Waals surface area (Å²) in [7, 11) is 4.18. The number of benzene rings is 1. The molecule has 0 aromatic heterocycles. The zero-order valence-electron chi connectivity index (χ0n) is 13.7. The van der Waals surface area contributed by atoms with Crippen LogP contribution in [0.3, 0.4) is 0 Å². The SMILES string of the molecule is CN(C)Cc1ccc(NC2CC(C)(C)OC2(C)C)cc1. The standard InChI is InChI=1S/C17H28N2O/c1-16(2)11-15(17(3,4)20-16)18-14-9-7-13(8-10-14)12-19(5)6/h7-10,15,18H,11-12H2,1-6H3. The Morgan fingerprint density at radius 3 is 2.20 bits per heavy atom. The van der Waals surface area contributed by atoms with Crippen molar-refractivity contribution >= 4 is 5.69 Å². The number of hydrogen-bond donors (Lipinski definition) is 1. The third-order valence-electron chi connectivity index (χ3n) is 3.87. The predicted octanol–water partition coefficient (Wildman–Crippen LogP) is 3.51. The first-order valence-corrected chi connectivity index (χ1v) is 7.38. The lowest BCUT2D eigenvalue weighted by Crippen LogP contribution is -2.38. The van der Waals surface area contributed by atoms with E-state index < -0.39 is 0 Å². The van der Waals surface area contributed by atoms with Crippen LogP contribution in [0, 0.1) is 0 Å². The molecule has 0 aliphatic carbocycles. The second-order valence-electron chi connectivity index (χ2n) is 7.30. The summed E-state index contributed by atoms with van der Waals surface area (Å²) in [5, 5.41) is 3.63. The van der Waals surface area contributed by atoms with Gasteiger partial charge in [0, 0.05) is 12.2 Å². The molecule has 112 valence electrons. The number of ether oxygens (including phenoxy) is 1. The molecule has 1 unspecified atom stereocenters. The van der Waals surface area contributed by atoms with Gasteiger partial charge in [0.2, 0.25) is 0 Å². The third kappa shape index (κ3) is 3.74. The summed E-state index contributed by atoms with van der Waals surface area (Å²) in [5.74, 6) is 0. The molecular weight excluding hydrogens is 248 g/mol. The molecule has 1 N–H and O–H groups in total. The van der Waals surface area contributed by atoms with Crippen molar-refractivity contribution in [1.82, 2.24) is 4.90 Å². The lowest BCUT2D eigenvalue weighted by atomic mass is 9.94. The average molecular weight is 276 g/mol. The molecule has 0 bridgehead atoms. The van der Waals surface area contributed by atoms with Crippen molar-refractivity contribution in [2.45, 2.75) is 57.9 Å². The van der Waals surface area contributed by atoms with Gasteiger partial charge in [0.25, 0.3) is 0 Å². The highest BCUT2D eigenvalue weighted by Gasteiger charge is 2.45. The lowest BCUT2D eigenvalue weighted by Gasteiger charge is -2.28. The van der Waals surface area contributed by atoms with E-state index in [1.165, 1.54) is 11.3 Å². The van der Waals surface area contributed by atoms with Crippen molar-refractivity contribution in [2.24, 2.45) is 0 Å². The van der Waals surface area contributed by atoms with E-state index in [-0.39, 0.29) is 11.2 Å². The number of anilines is 1. The number of rotatable bonds is 4. The molecule has 1 aromatic rings. The zero-order valence-corrected chi connectivity index (χ0v) is 13.7. The van der Waals surface area contributed by atoms with Crippen LogP contribution < -0.4 is 5.32 Å². The van der Waals surface area contributed by atoms with Gasteiger partial charge >= 0.3 is 0 Å². The smallest absolute Gasteiger partial charge is 0.0834 e. The van der Waals surface area contributed by atoms with Crippen molar-refractivity contribution in [3.8, 4) is 0 Å². The van der Waals surface area contributed by atoms with Crippen molar-refractivity contribution in [3.63, 3.8) is 0 Å². The first-order valence-electron chi connectivity index (χ1n) is 7.38. The largest absolute Gasteiger partial charge is 0.379 e. The molecule has 1 fully saturated rings. The van der Waals surface area contributed by atoms with Crippen LogP contribution in [0.2, 0.25) is 0 Å². The Morgan fingerprint density at radius 2 is 1.75 bits per heavy atom. The molecule has 3 nitrogen and oxygen atoms in total. The van der Waals surface area contributed by atoms with Gasteiger partial charge in [0.1, 0.15) is 0 Å². The highest BCUT2D eigenvalue weighted by atomic mass is 16.5. The fourth-order valence-electron chi connectivity index (χ4n) is 3.06. The third-order valence-corrected chi connectivity index (χ3v) is 3.87. The Kier molecular flexibility index (Phi) is 4.12. The van der Waals surface area contributed by atoms with E-state index in [2.05, 4.69) is 76.3 Å². The molecule has 3 heteroatoms. The van der Waals surface area contributed by atoms with Gasteiger partial charge in [-0.25, -0.2) is 0 Å². The topological polar surface area (TPSA) is 24.5 Å². The highest BCUT2D eigenvalue weighted by molar-refractivity contribution is 5.46. The molecule has 1 aliphatic rings. The van der Waals surface area contributed by atoms with Crippen LogP contribution in [0.15, 0.2) is 24.3 Å². The molecule has 1 atom stereocenters. The number of nitrogens with one attached hydrogen (secondary N) is 1. The maximum atomic E-state index is 6.13. The van der Waals surface area contributed by atoms with Crippen LogP contribution in [0.25, 0.3) is 0 Å². The van der Waals surface area contributed by atoms with Crippen LogP contribution >= 0.6 is 0 Å². The van der Waals surface area contributed by atoms with Crippen LogP contribution in [-0.4, -0.2) is 36.2 Å². The maximum absolute atomic E-state index is 6.13. The fourth-order valence-corrected chi connectivity index (χ4v) is 3.06. The zero-order chi connectivity index (χ0) is 15.0. The van der Waals surface area contributed by atoms with Gasteiger partial charge in [0.05, 0.1) is 17.2 Å². The minimum absolute atomic E-state index is 0.0496. The normalized spacial score (nSPS) is 24.1. The van der Waals surface area contributed by atoms with Gasteiger partial charge in [-0.05, 0) is 65.9 Å². The molecule has 0 amide bonds. The molecule has 0 radical (unpaired) electrons. The molecule has 0 spiro atoms. The summed E-state index contributed by atoms with van der Waals surface area (Å²) < 4.78 is 6.13. The minimum atomic E-state index is -0.133. The van der Waals surface area contributed by atoms with E-state index in [0.717, 1.165) is 13.0 Å². The molecule has 20 heavy (non-hydrogen) atoms. The average Bonchev–Trinajstić information content (AvgIpc) is 2.48. The second kappa shape index (κ2) is 5.38. The summed E-state index contributed by atoms with van der Waals surface area (Å²) in [4.78, 5) is 2.18. The van der Waals surface area contributed by atoms with Crippen molar-refractivity contribution in [1.29, 1.82) is 0 Å². The Hall–Kier alpha value is -1.06. The predicted molar refractivity (Wildman–Crippen MR) is 85.1 cm³/mol. The second-order valence-corrected chi connectivity index (χ2v) is 7.30. The van der Waals surface area contributed by atoms with Gasteiger partial charge in [-0.3, -0.25) is 0 Å². The first-order chi connectivity index (χ1) is 9.18. The maximum Gasteiger partial charge on any atom is 0.0834 e. The van der Waals surface area contributed by atoms with Gasteiger partial charge in [-0.2, -0.15) is 0 Å². The summed E-state index contributed by atoms with van der Waals surface area (Å²) >= 11 is 0. The van der Waals surface area contributed by atoms with Crippen LogP contribution in [0.1, 0.15) is 39.7 Å². The van der Waals surface area contributed by atoms with Crippen molar-refractivity contribution in [3.05, 3.63) is 29.8 Å². The summed E-state index contributed by atoms with van der Waals surface area (Å²) in [5.41, 5.74) is 2.33. The van der Waals surface area contributed by atoms with E-state index in [0.29, 0.717) is 6.04 Å². The molecule has 1 heterocycles. The molecular formula is C17H28N2O. The van der Waals surface area contributed by atoms with Gasteiger partial charge < -0.3 is 15.0 Å². The van der Waals surface area contributed by atoms with Crippen molar-refractivity contribution < 1.29 is 4.74 Å². The van der Waals surface area contributed by atoms with E-state index in [1.807, 2.05) is 0 Å². The lowest BCUT2D eigenvalue weighted by molar-refractivity contribution is -0.0662. The molecule has 1 saturated heterocycles. The van der Waals surface area contributed by atoms with Crippen molar-refractivity contribution in [2.75, 3.05) is 19.4 Å². The minimum Gasteiger partial charge on any atom is -0.379 e. The van der Waals surface area contributed by atoms with E-state index in [4.69, 9.17) is 4.74 Å². The molecule has 0 saturated carbocycles. The Morgan fingerprint density at radius 1 is 1.15 bits per heavy atom. The van der Waals surface area contributed by atoms with Gasteiger partial charge in [-0.15, -0.1) is 0 Å². The Bertz CT molecular complexity index is 449. The van der Waals surface area contributed by atoms with E-state index >= 15 is 0 Å². The fraction of sp³-hybridized carbons (Fsp3) is 0.647. The van der Waals surface area contributed by atoms with E-state index in [9.17, 15) is 0 Å². The first kappa shape index (κ1) is 15.3. The van der Waals surface area contributed by atoms with Gasteiger partial charge in [0.15, 0.2) is 0 Å². The van der Waals surface area contributed by atoms with Crippen LogP contribution in [0.4, 0.5) is 5.69 Å². The van der Waals surface area contributed by atoms with Crippen LogP contribution in [-0.2, 0) is 11.3 Å². The molecule has 1 aliphatic heterocycles. The monoisotopic (exact) mass is 276 g/mol. The Labute approximate surface area is 123 Å². The highest BCUT2D eigenvalue weighted by Crippen LogP contribution is 2.38. The van der Waals surface area contributed by atoms with Crippen LogP contribution in [0.5, 0.6) is 0 Å². The van der Waals surface area contributed by atoms with E-state index in [1.54, 1.807) is 0 Å². The molecule has 2 rings (SSSR count).